The van der Waals surface area contributed by atoms with Gasteiger partial charge in [0.1, 0.15) is 12.1 Å². The number of hydrogen-bond donors (Lipinski definition) is 0. The van der Waals surface area contributed by atoms with Crippen molar-refractivity contribution in [1.29, 1.82) is 52.6 Å². The average Bonchev–Trinajstić information content (AvgIpc) is 2.32. The van der Waals surface area contributed by atoms with Crippen molar-refractivity contribution >= 4 is 43.6 Å². The third-order valence-corrected chi connectivity index (χ3v) is 14.9. The van der Waals surface area contributed by atoms with E-state index in [0.717, 1.165) is 21.5 Å². The molecule has 0 N–H and O–H groups in total. The second kappa shape index (κ2) is 20.0. The third-order valence-electron chi connectivity index (χ3n) is 14.9. The van der Waals surface area contributed by atoms with Gasteiger partial charge in [-0.2, -0.15) is 52.6 Å². The minimum atomic E-state index is 0.308. The fourth-order valence-electron chi connectivity index (χ4n) is 11.0. The first-order valence-corrected chi connectivity index (χ1v) is 25.2. The van der Waals surface area contributed by atoms with E-state index >= 15 is 0 Å². The Morgan fingerprint density at radius 2 is 0.451 bits per heavy atom. The maximum atomic E-state index is 11.0. The summed E-state index contributed by atoms with van der Waals surface area (Å²) in [4.78, 5) is 0. The summed E-state index contributed by atoms with van der Waals surface area (Å²) >= 11 is 0. The Bertz CT molecular complexity index is 4710. The number of hydrogen-bond acceptors (Lipinski definition) is 10. The normalized spacial score (nSPS) is 10.6. The molecule has 0 saturated carbocycles. The summed E-state index contributed by atoms with van der Waals surface area (Å²) in [6, 6.07) is 76.4. The number of fused-ring (bicyclic) bond motifs is 6. The molecule has 0 unspecified atom stereocenters. The number of nitriles is 10. The lowest BCUT2D eigenvalue weighted by atomic mass is 9.96. The molecule has 82 heavy (non-hydrogen) atoms. The zero-order valence-electron chi connectivity index (χ0n) is 42.7. The fraction of sp³-hybridized carbons (Fsp3) is 0. The van der Waals surface area contributed by atoms with Crippen molar-refractivity contribution in [3.05, 3.63) is 238 Å². The van der Waals surface area contributed by atoms with Crippen molar-refractivity contribution in [2.24, 2.45) is 0 Å². The van der Waals surface area contributed by atoms with E-state index in [9.17, 15) is 52.6 Å². The highest BCUT2D eigenvalue weighted by Crippen LogP contribution is 2.43. The molecule has 2 heterocycles. The van der Waals surface area contributed by atoms with Crippen molar-refractivity contribution in [1.82, 2.24) is 9.13 Å². The van der Waals surface area contributed by atoms with Gasteiger partial charge < -0.3 is 9.13 Å². The van der Waals surface area contributed by atoms with Crippen LogP contribution >= 0.6 is 0 Å². The van der Waals surface area contributed by atoms with E-state index in [1.165, 1.54) is 0 Å². The third kappa shape index (κ3) is 8.09. The Morgan fingerprint density at radius 1 is 0.207 bits per heavy atom. The van der Waals surface area contributed by atoms with Crippen LogP contribution in [0.4, 0.5) is 0 Å². The van der Waals surface area contributed by atoms with Crippen LogP contribution in [0.15, 0.2) is 182 Å². The van der Waals surface area contributed by atoms with E-state index in [4.69, 9.17) is 0 Å². The molecule has 0 fully saturated rings. The lowest BCUT2D eigenvalue weighted by Gasteiger charge is -2.16. The lowest BCUT2D eigenvalue weighted by molar-refractivity contribution is 1.16. The molecular weight excluding hydrogens is 1010 g/mol. The van der Waals surface area contributed by atoms with Crippen LogP contribution in [0.25, 0.3) is 111 Å². The quantitative estimate of drug-likeness (QED) is 0.146. The molecular formula is C70H30N12. The van der Waals surface area contributed by atoms with E-state index in [1.54, 1.807) is 84.9 Å². The number of rotatable bonds is 7. The molecule has 12 nitrogen and oxygen atoms in total. The van der Waals surface area contributed by atoms with Gasteiger partial charge in [0.05, 0.1) is 138 Å². The minimum Gasteiger partial charge on any atom is -0.308 e. The number of aromatic nitrogens is 2. The van der Waals surface area contributed by atoms with Crippen LogP contribution in [0.2, 0.25) is 0 Å². The summed E-state index contributed by atoms with van der Waals surface area (Å²) in [6.07, 6.45) is 0. The van der Waals surface area contributed by atoms with Crippen molar-refractivity contribution in [3.63, 3.8) is 0 Å². The second-order valence-corrected chi connectivity index (χ2v) is 19.2. The largest absolute Gasteiger partial charge is 0.308 e. The average molecular weight is 1040 g/mol. The van der Waals surface area contributed by atoms with Crippen molar-refractivity contribution in [3.8, 4) is 128 Å². The van der Waals surface area contributed by atoms with Gasteiger partial charge in [-0.1, -0.05) is 84.9 Å². The topological polar surface area (TPSA) is 248 Å². The van der Waals surface area contributed by atoms with Crippen LogP contribution in [0.3, 0.4) is 0 Å². The number of nitrogens with zero attached hydrogens (tertiary/aromatic N) is 12. The molecule has 370 valence electrons. The molecule has 12 heteroatoms. The van der Waals surface area contributed by atoms with Crippen LogP contribution in [0.5, 0.6) is 0 Å². The van der Waals surface area contributed by atoms with E-state index in [2.05, 4.69) is 60.7 Å². The lowest BCUT2D eigenvalue weighted by Crippen LogP contribution is -2.01. The fourth-order valence-corrected chi connectivity index (χ4v) is 11.0. The van der Waals surface area contributed by atoms with E-state index in [-0.39, 0.29) is 0 Å². The van der Waals surface area contributed by atoms with Gasteiger partial charge in [-0.05, 0) is 153 Å². The zero-order valence-corrected chi connectivity index (χ0v) is 42.7. The highest BCUT2D eigenvalue weighted by Gasteiger charge is 2.23. The highest BCUT2D eigenvalue weighted by atomic mass is 15.0. The van der Waals surface area contributed by atoms with Gasteiger partial charge in [0.15, 0.2) is 0 Å². The van der Waals surface area contributed by atoms with Gasteiger partial charge in [0.2, 0.25) is 0 Å². The van der Waals surface area contributed by atoms with Gasteiger partial charge in [0, 0.05) is 21.5 Å². The van der Waals surface area contributed by atoms with Crippen molar-refractivity contribution < 1.29 is 0 Å². The zero-order chi connectivity index (χ0) is 56.8. The summed E-state index contributed by atoms with van der Waals surface area (Å²) in [5.74, 6) is 0. The van der Waals surface area contributed by atoms with E-state index in [1.807, 2.05) is 106 Å². The first-order valence-electron chi connectivity index (χ1n) is 25.2. The SMILES string of the molecule is N#Cc1ccc(-c2ccc3c4ccc(-c5ccc(C#N)cc5C#N)cc4n(-c4cc(-c5ccc(C#N)c(-n6c7cc(-c8ccc(C#N)cc8C#N)ccc7c7ccc(-c8ccc(C#N)cc8C#N)cc76)c5)ccc4C#N)c3c2)c(C#N)c1. The van der Waals surface area contributed by atoms with Crippen LogP contribution in [-0.2, 0) is 0 Å². The molecule has 12 aromatic rings. The van der Waals surface area contributed by atoms with Crippen molar-refractivity contribution in [2.45, 2.75) is 0 Å². The second-order valence-electron chi connectivity index (χ2n) is 19.2. The Hall–Kier alpha value is -13.3. The van der Waals surface area contributed by atoms with Gasteiger partial charge in [-0.25, -0.2) is 0 Å². The first-order chi connectivity index (χ1) is 40.2. The predicted octanol–water partition coefficient (Wildman–Crippen LogP) is 14.9. The monoisotopic (exact) mass is 1040 g/mol. The molecule has 0 aliphatic carbocycles. The van der Waals surface area contributed by atoms with E-state index in [0.29, 0.717) is 145 Å². The van der Waals surface area contributed by atoms with Gasteiger partial charge in [-0.15, -0.1) is 0 Å². The molecule has 0 aliphatic rings. The van der Waals surface area contributed by atoms with Crippen LogP contribution in [-0.4, -0.2) is 9.13 Å². The molecule has 0 saturated heterocycles. The Balaban J connectivity index is 1.11. The van der Waals surface area contributed by atoms with Crippen LogP contribution < -0.4 is 0 Å². The molecule has 10 aromatic carbocycles. The molecule has 0 bridgehead atoms. The summed E-state index contributed by atoms with van der Waals surface area (Å²) in [6.45, 7) is 0. The van der Waals surface area contributed by atoms with Gasteiger partial charge >= 0.3 is 0 Å². The summed E-state index contributed by atoms with van der Waals surface area (Å²) in [5, 5.41) is 105. The predicted molar refractivity (Wildman–Crippen MR) is 309 cm³/mol. The standard InChI is InChI=1S/C70H30N12/c71-31-41-1-13-57(53(21-41)37-77)47-9-17-61-62-18-10-48(58-14-2-42(32-72)22-54(58)38-78)28-68(62)81(67(61)27-47)65-25-45(5-7-51(65)35-75)46-6-8-52(36-76)66(26-46)82-69-29-49(59-15-3-43(33-73)23-55(59)39-79)11-19-63(69)64-20-12-50(30-70(64)82)60-16-4-44(34-74)24-56(60)40-80/h1-30H. The summed E-state index contributed by atoms with van der Waals surface area (Å²) in [5.41, 5.74) is 13.5. The Morgan fingerprint density at radius 3 is 0.683 bits per heavy atom. The summed E-state index contributed by atoms with van der Waals surface area (Å²) in [7, 11) is 0. The van der Waals surface area contributed by atoms with Crippen LogP contribution in [0.1, 0.15) is 55.6 Å². The Kier molecular flexibility index (Phi) is 12.1. The van der Waals surface area contributed by atoms with Crippen molar-refractivity contribution in [2.75, 3.05) is 0 Å². The molecule has 0 atom stereocenters. The maximum Gasteiger partial charge on any atom is 0.101 e. The molecule has 2 aromatic heterocycles. The summed E-state index contributed by atoms with van der Waals surface area (Å²) < 4.78 is 3.98. The maximum absolute atomic E-state index is 11.0. The van der Waals surface area contributed by atoms with E-state index < -0.39 is 0 Å². The Labute approximate surface area is 468 Å². The van der Waals surface area contributed by atoms with Gasteiger partial charge in [-0.3, -0.25) is 0 Å². The molecule has 0 aliphatic heterocycles. The first kappa shape index (κ1) is 49.6. The molecule has 0 spiro atoms. The molecule has 0 amide bonds. The van der Waals surface area contributed by atoms with Gasteiger partial charge in [0.25, 0.3) is 0 Å². The smallest absolute Gasteiger partial charge is 0.101 e. The molecule has 12 rings (SSSR count). The highest BCUT2D eigenvalue weighted by molar-refractivity contribution is 6.13. The molecule has 0 radical (unpaired) electrons. The number of benzene rings is 10. The minimum absolute atomic E-state index is 0.308. The van der Waals surface area contributed by atoms with Crippen LogP contribution in [0, 0.1) is 113 Å².